The first kappa shape index (κ1) is 49.2. The van der Waals surface area contributed by atoms with Gasteiger partial charge in [0.05, 0.1) is 37.8 Å². The van der Waals surface area contributed by atoms with E-state index in [0.717, 1.165) is 38.5 Å². The van der Waals surface area contributed by atoms with Crippen LogP contribution in [0, 0.1) is 0 Å². The molecule has 0 atom stereocenters. The number of rotatable bonds is 25. The fourth-order valence-corrected chi connectivity index (χ4v) is 7.99. The number of tetrazole rings is 1. The molecule has 64 heavy (non-hydrogen) atoms. The number of nitrogens with zero attached hydrogens (tertiary/aromatic N) is 5. The quantitative estimate of drug-likeness (QED) is 0.0320. The molecule has 342 valence electrons. The van der Waals surface area contributed by atoms with E-state index in [0.29, 0.717) is 62.4 Å². The van der Waals surface area contributed by atoms with Gasteiger partial charge in [-0.15, -0.1) is 5.10 Å². The number of thioether (sulfide) groups is 1. The third kappa shape index (κ3) is 13.8. The molecule has 1 aromatic heterocycles. The number of unbranched alkanes of at least 4 members (excludes halogenated alkanes) is 10. The highest BCUT2D eigenvalue weighted by molar-refractivity contribution is 7.98. The predicted molar refractivity (Wildman–Crippen MR) is 248 cm³/mol. The summed E-state index contributed by atoms with van der Waals surface area (Å²) in [5, 5.41) is 27.5. The van der Waals surface area contributed by atoms with Gasteiger partial charge in [0.15, 0.2) is 0 Å². The number of benzene rings is 4. The molecule has 0 spiro atoms. The first-order valence-corrected chi connectivity index (χ1v) is 23.1. The molecule has 1 heterocycles. The van der Waals surface area contributed by atoms with Crippen molar-refractivity contribution < 1.29 is 43.2 Å². The number of fused-ring (bicyclic) bond motifs is 1. The largest absolute Gasteiger partial charge is 0.506 e. The number of carbonyl (C=O) groups excluding carboxylic acids is 4. The summed E-state index contributed by atoms with van der Waals surface area (Å²) >= 11 is 7.43. The van der Waals surface area contributed by atoms with Crippen LogP contribution < -0.4 is 19.7 Å². The Morgan fingerprint density at radius 3 is 2.25 bits per heavy atom. The van der Waals surface area contributed by atoms with Crippen LogP contribution in [-0.4, -0.2) is 76.6 Å². The summed E-state index contributed by atoms with van der Waals surface area (Å²) in [5.41, 5.74) is 1.46. The number of nitrogens with one attached hydrogen (secondary N) is 1. The summed E-state index contributed by atoms with van der Waals surface area (Å²) < 4.78 is 23.1. The maximum atomic E-state index is 14.4. The number of halogens is 1. The molecular formula is C47H57ClN6O9S. The van der Waals surface area contributed by atoms with E-state index in [2.05, 4.69) is 27.8 Å². The minimum Gasteiger partial charge on any atom is -0.506 e. The van der Waals surface area contributed by atoms with Gasteiger partial charge in [-0.3, -0.25) is 14.5 Å². The Balaban J connectivity index is 1.37. The fraction of sp³-hybridized carbons (Fsp3) is 0.426. The maximum Gasteiger partial charge on any atom is 0.419 e. The number of methoxy groups -OCH3 is 2. The lowest BCUT2D eigenvalue weighted by atomic mass is 10.0. The second kappa shape index (κ2) is 25.4. The number of ether oxygens (including phenoxy) is 4. The van der Waals surface area contributed by atoms with Gasteiger partial charge in [0.1, 0.15) is 29.4 Å². The van der Waals surface area contributed by atoms with E-state index in [4.69, 9.17) is 30.5 Å². The predicted octanol–water partition coefficient (Wildman–Crippen LogP) is 10.8. The van der Waals surface area contributed by atoms with Crippen molar-refractivity contribution in [2.24, 2.45) is 0 Å². The zero-order chi connectivity index (χ0) is 45.8. The molecule has 0 radical (unpaired) electrons. The van der Waals surface area contributed by atoms with Crippen molar-refractivity contribution in [3.05, 3.63) is 88.4 Å². The number of phenols is 1. The van der Waals surface area contributed by atoms with Gasteiger partial charge >= 0.3 is 18.0 Å². The number of esters is 2. The van der Waals surface area contributed by atoms with Crippen molar-refractivity contribution in [1.82, 2.24) is 20.2 Å². The molecule has 5 aromatic rings. The lowest BCUT2D eigenvalue weighted by Crippen LogP contribution is -2.35. The molecule has 4 aromatic carbocycles. The van der Waals surface area contributed by atoms with Crippen LogP contribution in [0.3, 0.4) is 0 Å². The van der Waals surface area contributed by atoms with E-state index in [1.54, 1.807) is 54.6 Å². The lowest BCUT2D eigenvalue weighted by Gasteiger charge is -2.25. The van der Waals surface area contributed by atoms with Crippen molar-refractivity contribution in [3.8, 4) is 17.2 Å². The first-order valence-electron chi connectivity index (χ1n) is 21.7. The van der Waals surface area contributed by atoms with Crippen molar-refractivity contribution in [1.29, 1.82) is 0 Å². The average molecular weight is 918 g/mol. The van der Waals surface area contributed by atoms with Gasteiger partial charge in [0.2, 0.25) is 5.16 Å². The van der Waals surface area contributed by atoms with Crippen LogP contribution in [0.5, 0.6) is 17.2 Å². The molecule has 15 nitrogen and oxygen atoms in total. The Kier molecular flexibility index (Phi) is 19.5. The van der Waals surface area contributed by atoms with Crippen LogP contribution in [0.4, 0.5) is 16.2 Å². The van der Waals surface area contributed by atoms with Crippen molar-refractivity contribution >= 4 is 69.4 Å². The second-order valence-electron chi connectivity index (χ2n) is 15.1. The molecule has 0 aliphatic carbocycles. The van der Waals surface area contributed by atoms with Crippen LogP contribution >= 0.6 is 23.4 Å². The number of carbonyl (C=O) groups is 4. The third-order valence-electron chi connectivity index (χ3n) is 10.5. The summed E-state index contributed by atoms with van der Waals surface area (Å²) in [6, 6.07) is 17.9. The van der Waals surface area contributed by atoms with Crippen molar-refractivity contribution in [3.63, 3.8) is 0 Å². The number of aromatic hydroxyl groups is 1. The van der Waals surface area contributed by atoms with E-state index in [1.807, 2.05) is 6.92 Å². The number of aromatic nitrogens is 4. The van der Waals surface area contributed by atoms with Gasteiger partial charge < -0.3 is 29.4 Å². The molecule has 17 heteroatoms. The van der Waals surface area contributed by atoms with Crippen LogP contribution in [0.25, 0.3) is 10.8 Å². The Hall–Kier alpha value is -5.87. The Morgan fingerprint density at radius 1 is 0.812 bits per heavy atom. The number of phenolic OH excluding ortho intramolecular Hbond substituents is 1. The second-order valence-corrected chi connectivity index (χ2v) is 16.5. The molecule has 0 bridgehead atoms. The average Bonchev–Trinajstić information content (AvgIpc) is 3.74. The van der Waals surface area contributed by atoms with E-state index in [-0.39, 0.29) is 35.7 Å². The van der Waals surface area contributed by atoms with E-state index >= 15 is 0 Å². The molecule has 0 saturated carbocycles. The van der Waals surface area contributed by atoms with Crippen molar-refractivity contribution in [2.45, 2.75) is 108 Å². The molecular weight excluding hydrogens is 860 g/mol. The third-order valence-corrected chi connectivity index (χ3v) is 11.7. The maximum absolute atomic E-state index is 14.4. The number of anilines is 2. The van der Waals surface area contributed by atoms with E-state index < -0.39 is 23.9 Å². The van der Waals surface area contributed by atoms with Gasteiger partial charge in [-0.05, 0) is 71.3 Å². The van der Waals surface area contributed by atoms with Gasteiger partial charge in [0, 0.05) is 28.1 Å². The Labute approximate surface area is 383 Å². The molecule has 2 N–H and O–H groups in total. The highest BCUT2D eigenvalue weighted by Crippen LogP contribution is 2.37. The van der Waals surface area contributed by atoms with Crippen LogP contribution in [0.1, 0.15) is 117 Å². The highest BCUT2D eigenvalue weighted by atomic mass is 35.5. The molecule has 0 aliphatic heterocycles. The summed E-state index contributed by atoms with van der Waals surface area (Å²) in [6.07, 6.45) is 11.9. The molecule has 2 amide bonds. The van der Waals surface area contributed by atoms with Gasteiger partial charge in [0.25, 0.3) is 5.91 Å². The first-order chi connectivity index (χ1) is 31.1. The van der Waals surface area contributed by atoms with E-state index in [1.165, 1.54) is 79.8 Å². The normalized spacial score (nSPS) is 11.0. The standard InChI is InChI=1S/C47H57ClN6O9S/c1-5-7-9-10-11-12-13-14-15-16-26-53(39-19-17-18-35-34(39)22-23-36(43(35)56)44(57)49-38-29-33(48)21-25-41(38)60-3)47(59)63-40-24-20-32(28-37(40)45(58)61-4)31-64-46-50-51-52-54(46)30-42(55)62-27-8-6-2/h17-25,28-29,56H,5-16,26-27,30-31H2,1-4H3,(H,49,57). The molecule has 0 aliphatic rings. The number of hydrogen-bond donors (Lipinski definition) is 2. The number of hydrogen-bond acceptors (Lipinski definition) is 13. The highest BCUT2D eigenvalue weighted by Gasteiger charge is 2.25. The summed E-state index contributed by atoms with van der Waals surface area (Å²) in [5.74, 6) is -1.36. The zero-order valence-corrected chi connectivity index (χ0v) is 38.5. The lowest BCUT2D eigenvalue weighted by molar-refractivity contribution is -0.144. The molecule has 0 saturated heterocycles. The fourth-order valence-electron chi connectivity index (χ4n) is 7.00. The van der Waals surface area contributed by atoms with E-state index in [9.17, 15) is 24.3 Å². The van der Waals surface area contributed by atoms with Crippen LogP contribution in [0.15, 0.2) is 71.9 Å². The topological polar surface area (TPSA) is 184 Å². The summed E-state index contributed by atoms with van der Waals surface area (Å²) in [4.78, 5) is 54.8. The van der Waals surface area contributed by atoms with Crippen LogP contribution in [0.2, 0.25) is 5.02 Å². The zero-order valence-electron chi connectivity index (χ0n) is 36.9. The SMILES string of the molecule is CCCCCCCCCCCCN(C(=O)Oc1ccc(CSc2nnnn2CC(=O)OCCCC)cc1C(=O)OC)c1cccc2c(O)c(C(=O)Nc3cc(Cl)ccc3OC)ccc12. The number of amides is 2. The van der Waals surface area contributed by atoms with Crippen molar-refractivity contribution in [2.75, 3.05) is 37.6 Å². The minimum atomic E-state index is -0.755. The summed E-state index contributed by atoms with van der Waals surface area (Å²) in [6.45, 7) is 4.66. The van der Waals surface area contributed by atoms with Gasteiger partial charge in [-0.2, -0.15) is 0 Å². The van der Waals surface area contributed by atoms with Crippen LogP contribution in [-0.2, 0) is 26.6 Å². The van der Waals surface area contributed by atoms with Gasteiger partial charge in [-0.1, -0.05) is 126 Å². The Bertz CT molecular complexity index is 2360. The molecule has 0 fully saturated rings. The van der Waals surface area contributed by atoms with Gasteiger partial charge in [-0.25, -0.2) is 14.3 Å². The monoisotopic (exact) mass is 916 g/mol. The molecule has 0 unspecified atom stereocenters. The molecule has 5 rings (SSSR count). The minimum absolute atomic E-state index is 0.00196. The summed E-state index contributed by atoms with van der Waals surface area (Å²) in [7, 11) is 2.71. The Morgan fingerprint density at radius 2 is 1.53 bits per heavy atom. The smallest absolute Gasteiger partial charge is 0.419 e.